The number of nitrogens with one attached hydrogen (secondary N) is 3. The monoisotopic (exact) mass is 442 g/mol. The molecule has 0 atom stereocenters. The first kappa shape index (κ1) is 19.8. The number of aromatic amines is 1. The molecule has 0 aliphatic rings. The van der Waals surface area contributed by atoms with Gasteiger partial charge in [0.15, 0.2) is 5.69 Å². The number of carbonyl (C=O) groups is 1. The molecule has 2 heterocycles. The summed E-state index contributed by atoms with van der Waals surface area (Å²) in [5, 5.41) is 11.4. The van der Waals surface area contributed by atoms with Gasteiger partial charge < -0.3 is 5.32 Å². The first-order valence-electron chi connectivity index (χ1n) is 8.70. The second kappa shape index (κ2) is 8.09. The third-order valence-corrected chi connectivity index (χ3v) is 6.40. The predicted octanol–water partition coefficient (Wildman–Crippen LogP) is 4.33. The molecule has 0 spiro atoms. The van der Waals surface area contributed by atoms with Crippen LogP contribution in [0, 0.1) is 5.82 Å². The first-order chi connectivity index (χ1) is 14.4. The van der Waals surface area contributed by atoms with Crippen molar-refractivity contribution in [3.63, 3.8) is 0 Å². The van der Waals surface area contributed by atoms with E-state index in [0.717, 1.165) is 16.6 Å². The van der Waals surface area contributed by atoms with E-state index >= 15 is 0 Å². The van der Waals surface area contributed by atoms with E-state index in [1.165, 1.54) is 53.8 Å². The molecule has 4 rings (SSSR count). The molecule has 0 unspecified atom stereocenters. The van der Waals surface area contributed by atoms with E-state index in [1.54, 1.807) is 6.07 Å². The third-order valence-electron chi connectivity index (χ3n) is 4.10. The van der Waals surface area contributed by atoms with Crippen molar-refractivity contribution in [2.75, 3.05) is 10.0 Å². The molecular weight excluding hydrogens is 427 g/mol. The number of benzene rings is 2. The minimum Gasteiger partial charge on any atom is -0.321 e. The summed E-state index contributed by atoms with van der Waals surface area (Å²) in [7, 11) is -3.89. The second-order valence-corrected chi connectivity index (χ2v) is 8.87. The number of halogens is 1. The van der Waals surface area contributed by atoms with Gasteiger partial charge >= 0.3 is 0 Å². The number of carbonyl (C=O) groups excluding carboxylic acids is 1. The average Bonchev–Trinajstić information content (AvgIpc) is 3.40. The Morgan fingerprint density at radius 2 is 1.80 bits per heavy atom. The molecule has 7 nitrogen and oxygen atoms in total. The van der Waals surface area contributed by atoms with Crippen molar-refractivity contribution in [3.05, 3.63) is 83.6 Å². The molecule has 0 radical (unpaired) electrons. The number of rotatable bonds is 6. The SMILES string of the molecule is O=C(Nc1ccc(S(=O)(=O)Nc2cccc(F)c2)cc1)c1cc(-c2cccs2)[nH]n1. The quantitative estimate of drug-likeness (QED) is 0.413. The number of aromatic nitrogens is 2. The molecule has 0 fully saturated rings. The summed E-state index contributed by atoms with van der Waals surface area (Å²) in [6, 6.07) is 16.2. The summed E-state index contributed by atoms with van der Waals surface area (Å²) in [6.45, 7) is 0. The number of hydrogen-bond donors (Lipinski definition) is 3. The van der Waals surface area contributed by atoms with E-state index in [4.69, 9.17) is 0 Å². The Hall–Kier alpha value is -3.50. The molecule has 2 aromatic carbocycles. The van der Waals surface area contributed by atoms with Crippen molar-refractivity contribution in [1.29, 1.82) is 0 Å². The Labute approximate surface area is 175 Å². The van der Waals surface area contributed by atoms with Crippen LogP contribution in [0.2, 0.25) is 0 Å². The van der Waals surface area contributed by atoms with Crippen molar-refractivity contribution >= 4 is 38.6 Å². The lowest BCUT2D eigenvalue weighted by atomic mass is 10.3. The molecule has 0 saturated carbocycles. The van der Waals surface area contributed by atoms with Crippen LogP contribution in [0.25, 0.3) is 10.6 Å². The highest BCUT2D eigenvalue weighted by Crippen LogP contribution is 2.23. The van der Waals surface area contributed by atoms with Gasteiger partial charge in [0.05, 0.1) is 21.2 Å². The Balaban J connectivity index is 1.45. The van der Waals surface area contributed by atoms with Crippen LogP contribution in [-0.4, -0.2) is 24.5 Å². The van der Waals surface area contributed by atoms with Crippen molar-refractivity contribution in [3.8, 4) is 10.6 Å². The summed E-state index contributed by atoms with van der Waals surface area (Å²) >= 11 is 1.52. The number of H-pyrrole nitrogens is 1. The van der Waals surface area contributed by atoms with Crippen LogP contribution >= 0.6 is 11.3 Å². The van der Waals surface area contributed by atoms with Crippen LogP contribution < -0.4 is 10.0 Å². The Bertz CT molecular complexity index is 1280. The van der Waals surface area contributed by atoms with Gasteiger partial charge in [0.1, 0.15) is 5.82 Å². The van der Waals surface area contributed by atoms with Crippen LogP contribution in [0.3, 0.4) is 0 Å². The van der Waals surface area contributed by atoms with Crippen molar-refractivity contribution < 1.29 is 17.6 Å². The Morgan fingerprint density at radius 1 is 1.00 bits per heavy atom. The summed E-state index contributed by atoms with van der Waals surface area (Å²) in [5.41, 5.74) is 1.47. The van der Waals surface area contributed by atoms with Crippen molar-refractivity contribution in [2.45, 2.75) is 4.90 Å². The van der Waals surface area contributed by atoms with Gasteiger partial charge in [-0.2, -0.15) is 5.10 Å². The maximum atomic E-state index is 13.3. The molecule has 4 aromatic rings. The van der Waals surface area contributed by atoms with E-state index in [1.807, 2.05) is 17.5 Å². The zero-order valence-corrected chi connectivity index (χ0v) is 16.9. The van der Waals surface area contributed by atoms with E-state index in [0.29, 0.717) is 5.69 Å². The van der Waals surface area contributed by atoms with Crippen LogP contribution in [-0.2, 0) is 10.0 Å². The van der Waals surface area contributed by atoms with Crippen molar-refractivity contribution in [2.24, 2.45) is 0 Å². The summed E-state index contributed by atoms with van der Waals surface area (Å²) in [4.78, 5) is 13.3. The molecule has 0 saturated heterocycles. The molecule has 3 N–H and O–H groups in total. The number of amides is 1. The Kier molecular flexibility index (Phi) is 5.34. The standard InChI is InChI=1S/C20H15FN4O3S2/c21-13-3-1-4-15(11-13)25-30(27,28)16-8-6-14(7-9-16)22-20(26)18-12-17(23-24-18)19-5-2-10-29-19/h1-12,25H,(H,22,26)(H,23,24). The van der Waals surface area contributed by atoms with Gasteiger partial charge in [-0.15, -0.1) is 11.3 Å². The normalized spacial score (nSPS) is 11.2. The van der Waals surface area contributed by atoms with Gasteiger partial charge in [-0.05, 0) is 60.0 Å². The van der Waals surface area contributed by atoms with Gasteiger partial charge in [0.2, 0.25) is 0 Å². The van der Waals surface area contributed by atoms with Gasteiger partial charge in [-0.3, -0.25) is 14.6 Å². The van der Waals surface area contributed by atoms with E-state index in [2.05, 4.69) is 20.2 Å². The fourth-order valence-electron chi connectivity index (χ4n) is 2.67. The van der Waals surface area contributed by atoms with Crippen LogP contribution in [0.4, 0.5) is 15.8 Å². The lowest BCUT2D eigenvalue weighted by Crippen LogP contribution is -2.14. The molecule has 1 amide bonds. The van der Waals surface area contributed by atoms with Gasteiger partial charge in [-0.25, -0.2) is 12.8 Å². The van der Waals surface area contributed by atoms with Crippen LogP contribution in [0.5, 0.6) is 0 Å². The zero-order valence-electron chi connectivity index (χ0n) is 15.3. The second-order valence-electron chi connectivity index (χ2n) is 6.24. The Morgan fingerprint density at radius 3 is 2.50 bits per heavy atom. The largest absolute Gasteiger partial charge is 0.321 e. The summed E-state index contributed by atoms with van der Waals surface area (Å²) in [6.07, 6.45) is 0. The highest BCUT2D eigenvalue weighted by molar-refractivity contribution is 7.92. The summed E-state index contributed by atoms with van der Waals surface area (Å²) < 4.78 is 40.5. The van der Waals surface area contributed by atoms with E-state index in [-0.39, 0.29) is 16.3 Å². The minimum atomic E-state index is -3.89. The topological polar surface area (TPSA) is 104 Å². The van der Waals surface area contributed by atoms with Gasteiger partial charge in [0.25, 0.3) is 15.9 Å². The fourth-order valence-corrected chi connectivity index (χ4v) is 4.42. The van der Waals surface area contributed by atoms with Gasteiger partial charge in [-0.1, -0.05) is 12.1 Å². The molecule has 0 aliphatic carbocycles. The average molecular weight is 442 g/mol. The summed E-state index contributed by atoms with van der Waals surface area (Å²) in [5.74, 6) is -0.976. The maximum absolute atomic E-state index is 13.3. The maximum Gasteiger partial charge on any atom is 0.276 e. The van der Waals surface area contributed by atoms with Crippen molar-refractivity contribution in [1.82, 2.24) is 10.2 Å². The number of sulfonamides is 1. The number of nitrogens with zero attached hydrogens (tertiary/aromatic N) is 1. The van der Waals surface area contributed by atoms with Gasteiger partial charge in [0, 0.05) is 5.69 Å². The smallest absolute Gasteiger partial charge is 0.276 e. The molecule has 0 bridgehead atoms. The molecule has 0 aliphatic heterocycles. The zero-order chi connectivity index (χ0) is 21.1. The highest BCUT2D eigenvalue weighted by Gasteiger charge is 2.16. The third kappa shape index (κ3) is 4.39. The molecule has 30 heavy (non-hydrogen) atoms. The van der Waals surface area contributed by atoms with E-state index < -0.39 is 21.7 Å². The molecule has 2 aromatic heterocycles. The molecule has 10 heteroatoms. The van der Waals surface area contributed by atoms with Crippen LogP contribution in [0.1, 0.15) is 10.5 Å². The first-order valence-corrected chi connectivity index (χ1v) is 11.1. The number of anilines is 2. The number of thiophene rings is 1. The van der Waals surface area contributed by atoms with E-state index in [9.17, 15) is 17.6 Å². The molecular formula is C20H15FN4O3S2. The number of hydrogen-bond acceptors (Lipinski definition) is 5. The minimum absolute atomic E-state index is 0.0236. The fraction of sp³-hybridized carbons (Fsp3) is 0. The highest BCUT2D eigenvalue weighted by atomic mass is 32.2. The predicted molar refractivity (Wildman–Crippen MR) is 114 cm³/mol. The lowest BCUT2D eigenvalue weighted by molar-refractivity contribution is 0.102. The van der Waals surface area contributed by atoms with Crippen LogP contribution in [0.15, 0.2) is 77.0 Å². The lowest BCUT2D eigenvalue weighted by Gasteiger charge is -2.09. The molecule has 152 valence electrons.